The Hall–Kier alpha value is -1.82. The van der Waals surface area contributed by atoms with Crippen LogP contribution in [0.4, 0.5) is 5.69 Å². The van der Waals surface area contributed by atoms with Gasteiger partial charge in [-0.25, -0.2) is 0 Å². The van der Waals surface area contributed by atoms with Crippen molar-refractivity contribution in [2.45, 2.75) is 13.5 Å². The molecular formula is C13H15BrN4O. The van der Waals surface area contributed by atoms with Crippen molar-refractivity contribution in [2.75, 3.05) is 12.3 Å². The zero-order chi connectivity index (χ0) is 13.8. The third kappa shape index (κ3) is 3.57. The fourth-order valence-corrected chi connectivity index (χ4v) is 2.02. The zero-order valence-electron chi connectivity index (χ0n) is 10.6. The highest BCUT2D eigenvalue weighted by molar-refractivity contribution is 9.10. The number of rotatable bonds is 4. The van der Waals surface area contributed by atoms with Gasteiger partial charge in [0, 0.05) is 28.5 Å². The van der Waals surface area contributed by atoms with Crippen LogP contribution in [0.3, 0.4) is 0 Å². The number of carbonyl (C=O) groups is 1. The van der Waals surface area contributed by atoms with E-state index in [1.165, 1.54) is 0 Å². The number of halogens is 1. The Bertz CT molecular complexity index is 594. The molecule has 0 radical (unpaired) electrons. The van der Waals surface area contributed by atoms with Crippen LogP contribution in [0.15, 0.2) is 35.1 Å². The maximum absolute atomic E-state index is 11.9. The Morgan fingerprint density at radius 3 is 2.95 bits per heavy atom. The molecule has 0 fully saturated rings. The van der Waals surface area contributed by atoms with Crippen molar-refractivity contribution < 1.29 is 4.79 Å². The van der Waals surface area contributed by atoms with E-state index in [9.17, 15) is 4.79 Å². The summed E-state index contributed by atoms with van der Waals surface area (Å²) < 4.78 is 2.52. The lowest BCUT2D eigenvalue weighted by atomic mass is 10.2. The SMILES string of the molecule is Cc1cnn(CCNC(=O)c2ccc(N)c(Br)c2)c1. The number of hydrogen-bond donors (Lipinski definition) is 2. The van der Waals surface area contributed by atoms with Gasteiger partial charge in [0.1, 0.15) is 0 Å². The first-order valence-electron chi connectivity index (χ1n) is 5.88. The summed E-state index contributed by atoms with van der Waals surface area (Å²) in [6, 6.07) is 5.12. The number of amides is 1. The second-order valence-electron chi connectivity index (χ2n) is 4.27. The molecule has 100 valence electrons. The molecule has 0 saturated heterocycles. The number of carbonyl (C=O) groups excluding carboxylic acids is 1. The average Bonchev–Trinajstić information content (AvgIpc) is 2.78. The van der Waals surface area contributed by atoms with Gasteiger partial charge >= 0.3 is 0 Å². The minimum absolute atomic E-state index is 0.121. The van der Waals surface area contributed by atoms with Crippen molar-refractivity contribution >= 4 is 27.5 Å². The third-order valence-corrected chi connectivity index (χ3v) is 3.34. The highest BCUT2D eigenvalue weighted by Gasteiger charge is 2.06. The van der Waals surface area contributed by atoms with Crippen LogP contribution >= 0.6 is 15.9 Å². The molecule has 1 aromatic heterocycles. The molecular weight excluding hydrogens is 308 g/mol. The molecule has 2 rings (SSSR count). The summed E-state index contributed by atoms with van der Waals surface area (Å²) in [7, 11) is 0. The minimum atomic E-state index is -0.121. The first kappa shape index (κ1) is 13.6. The van der Waals surface area contributed by atoms with Gasteiger partial charge in [-0.2, -0.15) is 5.10 Å². The molecule has 0 bridgehead atoms. The zero-order valence-corrected chi connectivity index (χ0v) is 12.1. The maximum Gasteiger partial charge on any atom is 0.251 e. The number of anilines is 1. The summed E-state index contributed by atoms with van der Waals surface area (Å²) >= 11 is 3.30. The molecule has 1 heterocycles. The topological polar surface area (TPSA) is 72.9 Å². The van der Waals surface area contributed by atoms with Gasteiger partial charge in [0.05, 0.1) is 12.7 Å². The van der Waals surface area contributed by atoms with Crippen molar-refractivity contribution in [3.63, 3.8) is 0 Å². The van der Waals surface area contributed by atoms with Gasteiger partial charge in [-0.05, 0) is 46.6 Å². The molecule has 5 nitrogen and oxygen atoms in total. The Morgan fingerprint density at radius 2 is 2.32 bits per heavy atom. The molecule has 2 aromatic rings. The second kappa shape index (κ2) is 5.88. The number of hydrogen-bond acceptors (Lipinski definition) is 3. The maximum atomic E-state index is 11.9. The van der Waals surface area contributed by atoms with E-state index in [1.54, 1.807) is 29.1 Å². The lowest BCUT2D eigenvalue weighted by Crippen LogP contribution is -2.27. The molecule has 6 heteroatoms. The van der Waals surface area contributed by atoms with Gasteiger partial charge < -0.3 is 11.1 Å². The Balaban J connectivity index is 1.89. The molecule has 0 unspecified atom stereocenters. The summed E-state index contributed by atoms with van der Waals surface area (Å²) in [6.45, 7) is 3.16. The van der Waals surface area contributed by atoms with Crippen LogP contribution in [0.25, 0.3) is 0 Å². The molecule has 0 aliphatic heterocycles. The molecule has 0 saturated carbocycles. The normalized spacial score (nSPS) is 10.4. The van der Waals surface area contributed by atoms with Crippen molar-refractivity contribution in [2.24, 2.45) is 0 Å². The largest absolute Gasteiger partial charge is 0.398 e. The highest BCUT2D eigenvalue weighted by atomic mass is 79.9. The first-order chi connectivity index (χ1) is 9.06. The van der Waals surface area contributed by atoms with Gasteiger partial charge in [-0.15, -0.1) is 0 Å². The van der Waals surface area contributed by atoms with Crippen molar-refractivity contribution in [3.8, 4) is 0 Å². The van der Waals surface area contributed by atoms with Gasteiger partial charge in [0.2, 0.25) is 0 Å². The van der Waals surface area contributed by atoms with Crippen molar-refractivity contribution in [3.05, 3.63) is 46.2 Å². The van der Waals surface area contributed by atoms with E-state index in [4.69, 9.17) is 5.73 Å². The summed E-state index contributed by atoms with van der Waals surface area (Å²) in [4.78, 5) is 11.9. The molecule has 3 N–H and O–H groups in total. The fraction of sp³-hybridized carbons (Fsp3) is 0.231. The van der Waals surface area contributed by atoms with Crippen LogP contribution in [0.1, 0.15) is 15.9 Å². The van der Waals surface area contributed by atoms with Crippen molar-refractivity contribution in [1.29, 1.82) is 0 Å². The molecule has 0 atom stereocenters. The van der Waals surface area contributed by atoms with Crippen LogP contribution in [0.5, 0.6) is 0 Å². The minimum Gasteiger partial charge on any atom is -0.398 e. The van der Waals surface area contributed by atoms with E-state index < -0.39 is 0 Å². The van der Waals surface area contributed by atoms with E-state index >= 15 is 0 Å². The molecule has 1 aromatic carbocycles. The van der Waals surface area contributed by atoms with Crippen LogP contribution in [-0.4, -0.2) is 22.2 Å². The van der Waals surface area contributed by atoms with E-state index in [1.807, 2.05) is 13.1 Å². The van der Waals surface area contributed by atoms with E-state index in [0.29, 0.717) is 24.3 Å². The molecule has 0 aliphatic carbocycles. The summed E-state index contributed by atoms with van der Waals surface area (Å²) in [5, 5.41) is 6.99. The molecule has 19 heavy (non-hydrogen) atoms. The number of benzene rings is 1. The van der Waals surface area contributed by atoms with E-state index in [-0.39, 0.29) is 5.91 Å². The number of nitrogen functional groups attached to an aromatic ring is 1. The lowest BCUT2D eigenvalue weighted by Gasteiger charge is -2.06. The Kier molecular flexibility index (Phi) is 4.21. The van der Waals surface area contributed by atoms with Crippen LogP contribution in [-0.2, 0) is 6.54 Å². The number of aromatic nitrogens is 2. The lowest BCUT2D eigenvalue weighted by molar-refractivity contribution is 0.0952. The van der Waals surface area contributed by atoms with Gasteiger partial charge in [0.15, 0.2) is 0 Å². The van der Waals surface area contributed by atoms with E-state index in [2.05, 4.69) is 26.3 Å². The van der Waals surface area contributed by atoms with Crippen LogP contribution in [0, 0.1) is 6.92 Å². The average molecular weight is 323 g/mol. The Morgan fingerprint density at radius 1 is 1.53 bits per heavy atom. The number of aryl methyl sites for hydroxylation is 1. The standard InChI is InChI=1S/C13H15BrN4O/c1-9-7-17-18(8-9)5-4-16-13(19)10-2-3-12(15)11(14)6-10/h2-3,6-8H,4-5,15H2,1H3,(H,16,19). The molecule has 0 aliphatic rings. The summed E-state index contributed by atoms with van der Waals surface area (Å²) in [5.41, 5.74) is 7.98. The van der Waals surface area contributed by atoms with Crippen molar-refractivity contribution in [1.82, 2.24) is 15.1 Å². The first-order valence-corrected chi connectivity index (χ1v) is 6.68. The Labute approximate surface area is 119 Å². The third-order valence-electron chi connectivity index (χ3n) is 2.65. The summed E-state index contributed by atoms with van der Waals surface area (Å²) in [6.07, 6.45) is 3.73. The smallest absolute Gasteiger partial charge is 0.251 e. The van der Waals surface area contributed by atoms with E-state index in [0.717, 1.165) is 10.0 Å². The number of nitrogens with two attached hydrogens (primary N) is 1. The quantitative estimate of drug-likeness (QED) is 0.845. The monoisotopic (exact) mass is 322 g/mol. The van der Waals surface area contributed by atoms with Gasteiger partial charge in [-0.3, -0.25) is 9.48 Å². The highest BCUT2D eigenvalue weighted by Crippen LogP contribution is 2.20. The van der Waals surface area contributed by atoms with Gasteiger partial charge in [0.25, 0.3) is 5.91 Å². The van der Waals surface area contributed by atoms with Gasteiger partial charge in [-0.1, -0.05) is 0 Å². The summed E-state index contributed by atoms with van der Waals surface area (Å²) in [5.74, 6) is -0.121. The molecule has 1 amide bonds. The number of nitrogens with one attached hydrogen (secondary N) is 1. The number of nitrogens with zero attached hydrogens (tertiary/aromatic N) is 2. The molecule has 0 spiro atoms. The van der Waals surface area contributed by atoms with Crippen LogP contribution < -0.4 is 11.1 Å². The predicted octanol–water partition coefficient (Wildman–Crippen LogP) is 1.97. The van der Waals surface area contributed by atoms with Crippen LogP contribution in [0.2, 0.25) is 0 Å². The predicted molar refractivity (Wildman–Crippen MR) is 77.9 cm³/mol. The fourth-order valence-electron chi connectivity index (χ4n) is 1.64. The second-order valence-corrected chi connectivity index (χ2v) is 5.13.